The molecule has 1 fully saturated rings. The lowest BCUT2D eigenvalue weighted by atomic mass is 9.82. The molecule has 1 saturated carbocycles. The minimum Gasteiger partial charge on any atom is -0.481 e. The molecule has 4 nitrogen and oxygen atoms in total. The highest BCUT2D eigenvalue weighted by Crippen LogP contribution is 2.48. The Bertz CT molecular complexity index is 551. The molecular formula is C15H17NO3S. The smallest absolute Gasteiger partial charge is 0.307 e. The van der Waals surface area contributed by atoms with Crippen LogP contribution in [-0.2, 0) is 9.59 Å². The largest absolute Gasteiger partial charge is 0.481 e. The molecule has 2 N–H and O–H groups in total. The molecule has 106 valence electrons. The molecule has 2 aliphatic rings. The Labute approximate surface area is 121 Å². The summed E-state index contributed by atoms with van der Waals surface area (Å²) in [6, 6.07) is 3.86. The maximum Gasteiger partial charge on any atom is 0.307 e. The van der Waals surface area contributed by atoms with E-state index in [1.807, 2.05) is 36.6 Å². The zero-order valence-electron chi connectivity index (χ0n) is 11.2. The Balaban J connectivity index is 1.73. The van der Waals surface area contributed by atoms with E-state index in [2.05, 4.69) is 5.32 Å². The van der Waals surface area contributed by atoms with Crippen molar-refractivity contribution >= 4 is 23.2 Å². The highest BCUT2D eigenvalue weighted by Gasteiger charge is 2.51. The maximum atomic E-state index is 12.5. The maximum absolute atomic E-state index is 12.5. The number of amides is 1. The SMILES string of the molecule is C[C@H](NC(=O)[C@H]1[C@@H](C(=O)O)[C@H]2C=C[C@H]1C2)c1cccs1. The van der Waals surface area contributed by atoms with Crippen molar-refractivity contribution in [3.8, 4) is 0 Å². The summed E-state index contributed by atoms with van der Waals surface area (Å²) in [5.74, 6) is -1.88. The van der Waals surface area contributed by atoms with Crippen LogP contribution in [0, 0.1) is 23.7 Å². The van der Waals surface area contributed by atoms with Crippen molar-refractivity contribution in [3.05, 3.63) is 34.5 Å². The third-order valence-electron chi connectivity index (χ3n) is 4.38. The van der Waals surface area contributed by atoms with Crippen LogP contribution in [-0.4, -0.2) is 17.0 Å². The number of carbonyl (C=O) groups excluding carboxylic acids is 1. The fourth-order valence-corrected chi connectivity index (χ4v) is 4.17. The van der Waals surface area contributed by atoms with Gasteiger partial charge >= 0.3 is 5.97 Å². The van der Waals surface area contributed by atoms with Crippen molar-refractivity contribution in [2.75, 3.05) is 0 Å². The number of hydrogen-bond acceptors (Lipinski definition) is 3. The second-order valence-corrected chi connectivity index (χ2v) is 6.56. The van der Waals surface area contributed by atoms with E-state index >= 15 is 0 Å². The first kappa shape index (κ1) is 13.4. The van der Waals surface area contributed by atoms with Crippen LogP contribution in [0.5, 0.6) is 0 Å². The zero-order chi connectivity index (χ0) is 14.3. The second-order valence-electron chi connectivity index (χ2n) is 5.58. The van der Waals surface area contributed by atoms with Crippen molar-refractivity contribution in [2.45, 2.75) is 19.4 Å². The van der Waals surface area contributed by atoms with Crippen molar-refractivity contribution in [1.29, 1.82) is 0 Å². The molecule has 1 aromatic heterocycles. The molecule has 1 amide bonds. The fourth-order valence-electron chi connectivity index (χ4n) is 3.43. The monoisotopic (exact) mass is 291 g/mol. The first-order chi connectivity index (χ1) is 9.58. The number of aliphatic carboxylic acids is 1. The average molecular weight is 291 g/mol. The van der Waals surface area contributed by atoms with Gasteiger partial charge in [-0.3, -0.25) is 9.59 Å². The van der Waals surface area contributed by atoms with E-state index < -0.39 is 17.8 Å². The van der Waals surface area contributed by atoms with E-state index in [9.17, 15) is 14.7 Å². The Morgan fingerprint density at radius 3 is 2.65 bits per heavy atom. The van der Waals surface area contributed by atoms with Gasteiger partial charge in [0.05, 0.1) is 17.9 Å². The van der Waals surface area contributed by atoms with Crippen molar-refractivity contribution in [2.24, 2.45) is 23.7 Å². The average Bonchev–Trinajstić information content (AvgIpc) is 3.13. The Morgan fingerprint density at radius 1 is 1.35 bits per heavy atom. The van der Waals surface area contributed by atoms with Crippen LogP contribution in [0.1, 0.15) is 24.3 Å². The summed E-state index contributed by atoms with van der Waals surface area (Å²) in [4.78, 5) is 24.9. The van der Waals surface area contributed by atoms with Crippen molar-refractivity contribution in [3.63, 3.8) is 0 Å². The predicted molar refractivity (Wildman–Crippen MR) is 76.2 cm³/mol. The molecule has 0 aliphatic heterocycles. The van der Waals surface area contributed by atoms with Crippen molar-refractivity contribution in [1.82, 2.24) is 5.32 Å². The summed E-state index contributed by atoms with van der Waals surface area (Å²) in [7, 11) is 0. The highest BCUT2D eigenvalue weighted by atomic mass is 32.1. The van der Waals surface area contributed by atoms with E-state index in [1.165, 1.54) is 0 Å². The molecule has 3 rings (SSSR count). The predicted octanol–water partition coefficient (Wildman–Crippen LogP) is 2.45. The summed E-state index contributed by atoms with van der Waals surface area (Å²) in [6.45, 7) is 1.93. The van der Waals surface area contributed by atoms with Gasteiger partial charge in [0.25, 0.3) is 0 Å². The van der Waals surface area contributed by atoms with Crippen LogP contribution < -0.4 is 5.32 Å². The van der Waals surface area contributed by atoms with Gasteiger partial charge in [-0.25, -0.2) is 0 Å². The normalized spacial score (nSPS) is 32.2. The Kier molecular flexibility index (Phi) is 3.38. The number of carboxylic acid groups (broad SMARTS) is 1. The lowest BCUT2D eigenvalue weighted by molar-refractivity contribution is -0.148. The van der Waals surface area contributed by atoms with Gasteiger partial charge in [0.1, 0.15) is 0 Å². The minimum atomic E-state index is -0.856. The second kappa shape index (κ2) is 5.05. The molecule has 2 bridgehead atoms. The van der Waals surface area contributed by atoms with Gasteiger partial charge < -0.3 is 10.4 Å². The van der Waals surface area contributed by atoms with Crippen molar-refractivity contribution < 1.29 is 14.7 Å². The number of nitrogens with one attached hydrogen (secondary N) is 1. The fraction of sp³-hybridized carbons (Fsp3) is 0.467. The van der Waals surface area contributed by atoms with Gasteiger partial charge in [-0.05, 0) is 36.6 Å². The van der Waals surface area contributed by atoms with E-state index in [-0.39, 0.29) is 23.8 Å². The van der Waals surface area contributed by atoms with Gasteiger partial charge in [0, 0.05) is 4.88 Å². The summed E-state index contributed by atoms with van der Waals surface area (Å²) >= 11 is 1.59. The minimum absolute atomic E-state index is 0.0188. The number of allylic oxidation sites excluding steroid dienone is 2. The third-order valence-corrected chi connectivity index (χ3v) is 5.43. The highest BCUT2D eigenvalue weighted by molar-refractivity contribution is 7.10. The summed E-state index contributed by atoms with van der Waals surface area (Å²) in [6.07, 6.45) is 4.75. The molecule has 2 aliphatic carbocycles. The standard InChI is InChI=1S/C15H17NO3S/c1-8(11-3-2-6-20-11)16-14(17)12-9-4-5-10(7-9)13(12)15(18)19/h2-6,8-10,12-13H,7H2,1H3,(H,16,17)(H,18,19)/t8-,9-,10-,12+,13-/m0/s1. The number of rotatable bonds is 4. The van der Waals surface area contributed by atoms with Crippen LogP contribution in [0.25, 0.3) is 0 Å². The van der Waals surface area contributed by atoms with Gasteiger partial charge in [-0.2, -0.15) is 0 Å². The Morgan fingerprint density at radius 2 is 2.05 bits per heavy atom. The van der Waals surface area contributed by atoms with Crippen LogP contribution in [0.3, 0.4) is 0 Å². The topological polar surface area (TPSA) is 66.4 Å². The van der Waals surface area contributed by atoms with E-state index in [1.54, 1.807) is 11.3 Å². The first-order valence-electron chi connectivity index (χ1n) is 6.83. The number of carbonyl (C=O) groups is 2. The molecular weight excluding hydrogens is 274 g/mol. The molecule has 1 heterocycles. The van der Waals surface area contributed by atoms with Crippen LogP contribution in [0.15, 0.2) is 29.7 Å². The molecule has 0 radical (unpaired) electrons. The molecule has 1 aromatic rings. The quantitative estimate of drug-likeness (QED) is 0.837. The molecule has 20 heavy (non-hydrogen) atoms. The molecule has 5 atom stereocenters. The van der Waals surface area contributed by atoms with Crippen LogP contribution >= 0.6 is 11.3 Å². The number of thiophene rings is 1. The number of fused-ring (bicyclic) bond motifs is 2. The molecule has 0 aromatic carbocycles. The van der Waals surface area contributed by atoms with Gasteiger partial charge in [-0.15, -0.1) is 11.3 Å². The first-order valence-corrected chi connectivity index (χ1v) is 7.71. The van der Waals surface area contributed by atoms with Gasteiger partial charge in [0.2, 0.25) is 5.91 Å². The molecule has 0 unspecified atom stereocenters. The van der Waals surface area contributed by atoms with Gasteiger partial charge in [-0.1, -0.05) is 18.2 Å². The molecule has 0 saturated heterocycles. The van der Waals surface area contributed by atoms with Gasteiger partial charge in [0.15, 0.2) is 0 Å². The molecule has 5 heteroatoms. The lowest BCUT2D eigenvalue weighted by Crippen LogP contribution is -2.40. The lowest BCUT2D eigenvalue weighted by Gasteiger charge is -2.25. The third kappa shape index (κ3) is 2.16. The summed E-state index contributed by atoms with van der Waals surface area (Å²) in [5.41, 5.74) is 0. The van der Waals surface area contributed by atoms with E-state index in [0.717, 1.165) is 11.3 Å². The van der Waals surface area contributed by atoms with Crippen LogP contribution in [0.2, 0.25) is 0 Å². The number of hydrogen-bond donors (Lipinski definition) is 2. The van der Waals surface area contributed by atoms with Crippen LogP contribution in [0.4, 0.5) is 0 Å². The molecule has 0 spiro atoms. The summed E-state index contributed by atoms with van der Waals surface area (Å²) < 4.78 is 0. The zero-order valence-corrected chi connectivity index (χ0v) is 12.0. The van der Waals surface area contributed by atoms with E-state index in [0.29, 0.717) is 0 Å². The van der Waals surface area contributed by atoms with E-state index in [4.69, 9.17) is 0 Å². The Hall–Kier alpha value is -1.62. The number of carboxylic acids is 1. The summed E-state index contributed by atoms with van der Waals surface area (Å²) in [5, 5.41) is 14.3.